The Bertz CT molecular complexity index is 470. The lowest BCUT2D eigenvalue weighted by Crippen LogP contribution is -2.40. The summed E-state index contributed by atoms with van der Waals surface area (Å²) in [5.74, 6) is 0.800. The lowest BCUT2D eigenvalue weighted by atomic mass is 10.3. The molecule has 1 aliphatic rings. The molecule has 1 aromatic rings. The highest BCUT2D eigenvalue weighted by Crippen LogP contribution is 2.18. The third-order valence-corrected chi connectivity index (χ3v) is 4.46. The van der Waals surface area contributed by atoms with Crippen molar-refractivity contribution >= 4 is 15.9 Å². The fourth-order valence-electron chi connectivity index (χ4n) is 1.56. The minimum atomic E-state index is -2.88. The van der Waals surface area contributed by atoms with Gasteiger partial charge in [0.2, 0.25) is 5.89 Å². The van der Waals surface area contributed by atoms with Gasteiger partial charge in [0.05, 0.1) is 17.5 Å². The number of aromatic nitrogens is 2. The van der Waals surface area contributed by atoms with Crippen LogP contribution in [0.15, 0.2) is 4.42 Å². The summed E-state index contributed by atoms with van der Waals surface area (Å²) in [5.41, 5.74) is 0. The maximum absolute atomic E-state index is 11.3. The molecule has 0 radical (unpaired) electrons. The molecule has 1 fully saturated rings. The smallest absolute Gasteiger partial charge is 0.318 e. The summed E-state index contributed by atoms with van der Waals surface area (Å²) >= 11 is 0. The Morgan fingerprint density at radius 2 is 2.00 bits per heavy atom. The van der Waals surface area contributed by atoms with E-state index in [1.165, 1.54) is 0 Å². The summed E-state index contributed by atoms with van der Waals surface area (Å²) in [6.07, 6.45) is 0. The van der Waals surface area contributed by atoms with Gasteiger partial charge in [-0.2, -0.15) is 0 Å². The molecule has 8 heteroatoms. The molecule has 0 aliphatic carbocycles. The summed E-state index contributed by atoms with van der Waals surface area (Å²) < 4.78 is 28.1. The van der Waals surface area contributed by atoms with Crippen molar-refractivity contribution in [2.24, 2.45) is 0 Å². The monoisotopic (exact) mass is 260 g/mol. The van der Waals surface area contributed by atoms with Crippen molar-refractivity contribution in [2.75, 3.05) is 36.5 Å². The largest absolute Gasteiger partial charge is 0.406 e. The van der Waals surface area contributed by atoms with E-state index < -0.39 is 9.84 Å². The Labute approximate surface area is 100 Å². The summed E-state index contributed by atoms with van der Waals surface area (Å²) in [6.45, 7) is 2.74. The van der Waals surface area contributed by atoms with E-state index in [9.17, 15) is 8.42 Å². The van der Waals surface area contributed by atoms with Crippen LogP contribution < -0.4 is 10.2 Å². The maximum atomic E-state index is 11.3. The number of rotatable bonds is 3. The van der Waals surface area contributed by atoms with Gasteiger partial charge in [-0.25, -0.2) is 8.42 Å². The average Bonchev–Trinajstić information content (AvgIpc) is 2.77. The highest BCUT2D eigenvalue weighted by molar-refractivity contribution is 7.91. The number of nitrogens with one attached hydrogen (secondary N) is 1. The van der Waals surface area contributed by atoms with E-state index in [0.717, 1.165) is 0 Å². The first-order chi connectivity index (χ1) is 8.02. The predicted molar refractivity (Wildman–Crippen MR) is 62.6 cm³/mol. The van der Waals surface area contributed by atoms with Gasteiger partial charge in [0, 0.05) is 13.1 Å². The van der Waals surface area contributed by atoms with Gasteiger partial charge in [-0.05, 0) is 14.0 Å². The second kappa shape index (κ2) is 4.61. The van der Waals surface area contributed by atoms with Crippen LogP contribution in [0.3, 0.4) is 0 Å². The van der Waals surface area contributed by atoms with Crippen LogP contribution in [0.1, 0.15) is 18.9 Å². The third kappa shape index (κ3) is 2.75. The van der Waals surface area contributed by atoms with Crippen LogP contribution in [0.2, 0.25) is 0 Å². The Morgan fingerprint density at radius 1 is 1.35 bits per heavy atom. The molecule has 0 aromatic carbocycles. The summed E-state index contributed by atoms with van der Waals surface area (Å²) in [4.78, 5) is 1.81. The summed E-state index contributed by atoms with van der Waals surface area (Å²) in [7, 11) is -1.07. The molecule has 17 heavy (non-hydrogen) atoms. The van der Waals surface area contributed by atoms with Gasteiger partial charge < -0.3 is 14.6 Å². The average molecular weight is 260 g/mol. The minimum absolute atomic E-state index is 0.00947. The molecule has 1 aromatic heterocycles. The van der Waals surface area contributed by atoms with Crippen LogP contribution in [0, 0.1) is 0 Å². The van der Waals surface area contributed by atoms with Gasteiger partial charge in [0.25, 0.3) is 0 Å². The van der Waals surface area contributed by atoms with Crippen LogP contribution in [0.25, 0.3) is 0 Å². The standard InChI is InChI=1S/C9H16N4O3S/c1-7(10-2)8-11-12-9(16-8)13-3-5-17(14,15)6-4-13/h7,10H,3-6H2,1-2H3. The SMILES string of the molecule is CNC(C)c1nnc(N2CCS(=O)(=O)CC2)o1. The van der Waals surface area contributed by atoms with Crippen molar-refractivity contribution in [3.8, 4) is 0 Å². The molecule has 1 unspecified atom stereocenters. The van der Waals surface area contributed by atoms with Gasteiger partial charge in [0.15, 0.2) is 9.84 Å². The zero-order chi connectivity index (χ0) is 12.5. The first kappa shape index (κ1) is 12.3. The normalized spacial score (nSPS) is 21.4. The van der Waals surface area contributed by atoms with Gasteiger partial charge in [-0.3, -0.25) is 0 Å². The quantitative estimate of drug-likeness (QED) is 0.790. The maximum Gasteiger partial charge on any atom is 0.318 e. The fraction of sp³-hybridized carbons (Fsp3) is 0.778. The molecule has 0 amide bonds. The van der Waals surface area contributed by atoms with Gasteiger partial charge in [-0.15, -0.1) is 5.10 Å². The van der Waals surface area contributed by atoms with Gasteiger partial charge in [-0.1, -0.05) is 5.10 Å². The van der Waals surface area contributed by atoms with Crippen LogP contribution in [-0.4, -0.2) is 50.3 Å². The molecule has 1 aliphatic heterocycles. The first-order valence-electron chi connectivity index (χ1n) is 5.48. The van der Waals surface area contributed by atoms with E-state index in [2.05, 4.69) is 15.5 Å². The lowest BCUT2D eigenvalue weighted by Gasteiger charge is -2.24. The number of sulfone groups is 1. The number of hydrogen-bond acceptors (Lipinski definition) is 7. The number of anilines is 1. The predicted octanol–water partition coefficient (Wildman–Crippen LogP) is -0.415. The topological polar surface area (TPSA) is 88.3 Å². The Hall–Kier alpha value is -1.15. The van der Waals surface area contributed by atoms with Crippen molar-refractivity contribution in [3.05, 3.63) is 5.89 Å². The zero-order valence-electron chi connectivity index (χ0n) is 9.88. The number of hydrogen-bond donors (Lipinski definition) is 1. The minimum Gasteiger partial charge on any atom is -0.406 e. The zero-order valence-corrected chi connectivity index (χ0v) is 10.7. The molecule has 96 valence electrons. The van der Waals surface area contributed by atoms with Gasteiger partial charge in [0.1, 0.15) is 0 Å². The van der Waals surface area contributed by atoms with E-state index in [-0.39, 0.29) is 17.5 Å². The van der Waals surface area contributed by atoms with Crippen LogP contribution in [0.4, 0.5) is 6.01 Å². The molecule has 1 N–H and O–H groups in total. The molecule has 1 atom stereocenters. The third-order valence-electron chi connectivity index (χ3n) is 2.85. The molecular formula is C9H16N4O3S. The molecule has 1 saturated heterocycles. The van der Waals surface area contributed by atoms with Crippen LogP contribution in [-0.2, 0) is 9.84 Å². The van der Waals surface area contributed by atoms with Crippen molar-refractivity contribution in [3.63, 3.8) is 0 Å². The molecule has 7 nitrogen and oxygen atoms in total. The van der Waals surface area contributed by atoms with Gasteiger partial charge >= 0.3 is 6.01 Å². The Balaban J connectivity index is 2.06. The van der Waals surface area contributed by atoms with E-state index in [1.807, 2.05) is 14.0 Å². The Kier molecular flexibility index (Phi) is 3.34. The highest BCUT2D eigenvalue weighted by atomic mass is 32.2. The molecule has 0 spiro atoms. The molecule has 0 bridgehead atoms. The van der Waals surface area contributed by atoms with Crippen LogP contribution >= 0.6 is 0 Å². The molecule has 2 heterocycles. The van der Waals surface area contributed by atoms with E-state index in [1.54, 1.807) is 4.90 Å². The first-order valence-corrected chi connectivity index (χ1v) is 7.30. The van der Waals surface area contributed by atoms with Crippen molar-refractivity contribution in [1.29, 1.82) is 0 Å². The second-order valence-corrected chi connectivity index (χ2v) is 6.38. The number of nitrogens with zero attached hydrogens (tertiary/aromatic N) is 3. The summed E-state index contributed by atoms with van der Waals surface area (Å²) in [5, 5.41) is 10.9. The Morgan fingerprint density at radius 3 is 2.59 bits per heavy atom. The summed E-state index contributed by atoms with van der Waals surface area (Å²) in [6, 6.07) is 0.391. The molecular weight excluding hydrogens is 244 g/mol. The fourth-order valence-corrected chi connectivity index (χ4v) is 2.76. The van der Waals surface area contributed by atoms with E-state index in [4.69, 9.17) is 4.42 Å². The van der Waals surface area contributed by atoms with Crippen molar-refractivity contribution in [1.82, 2.24) is 15.5 Å². The van der Waals surface area contributed by atoms with E-state index >= 15 is 0 Å². The van der Waals surface area contributed by atoms with Crippen LogP contribution in [0.5, 0.6) is 0 Å². The lowest BCUT2D eigenvalue weighted by molar-refractivity contribution is 0.430. The van der Waals surface area contributed by atoms with Crippen molar-refractivity contribution < 1.29 is 12.8 Å². The molecule has 0 saturated carbocycles. The molecule has 2 rings (SSSR count). The highest BCUT2D eigenvalue weighted by Gasteiger charge is 2.25. The van der Waals surface area contributed by atoms with Crippen molar-refractivity contribution in [2.45, 2.75) is 13.0 Å². The van der Waals surface area contributed by atoms with E-state index in [0.29, 0.717) is 25.0 Å². The second-order valence-electron chi connectivity index (χ2n) is 4.07.